The molecule has 0 aromatic carbocycles. The Bertz CT molecular complexity index is 388. The van der Waals surface area contributed by atoms with E-state index in [0.29, 0.717) is 5.92 Å². The van der Waals surface area contributed by atoms with Crippen molar-refractivity contribution in [2.24, 2.45) is 11.7 Å². The molecule has 88 valence electrons. The van der Waals surface area contributed by atoms with E-state index in [2.05, 4.69) is 10.4 Å². The molecule has 0 radical (unpaired) electrons. The zero-order valence-corrected chi connectivity index (χ0v) is 10.4. The fourth-order valence-corrected chi connectivity index (χ4v) is 3.55. The van der Waals surface area contributed by atoms with Gasteiger partial charge >= 0.3 is 0 Å². The van der Waals surface area contributed by atoms with Crippen LogP contribution in [0.5, 0.6) is 0 Å². The van der Waals surface area contributed by atoms with E-state index < -0.39 is 0 Å². The van der Waals surface area contributed by atoms with Gasteiger partial charge in [0.25, 0.3) is 0 Å². The van der Waals surface area contributed by atoms with Gasteiger partial charge in [0.2, 0.25) is 0 Å². The Kier molecular flexibility index (Phi) is 2.53. The topological polar surface area (TPSA) is 48.1 Å². The predicted octanol–water partition coefficient (Wildman–Crippen LogP) is 1.89. The van der Waals surface area contributed by atoms with Gasteiger partial charge in [-0.1, -0.05) is 0 Å². The number of rotatable bonds is 3. The number of nitrogens with zero attached hydrogens (tertiary/aromatic N) is 1. The number of nitrogens with two attached hydrogens (primary N) is 1. The van der Waals surface area contributed by atoms with Gasteiger partial charge in [-0.05, 0) is 32.1 Å². The zero-order chi connectivity index (χ0) is 11.2. The van der Waals surface area contributed by atoms with Crippen LogP contribution in [0.4, 0.5) is 0 Å². The molecular formula is C12H18N2OS. The van der Waals surface area contributed by atoms with Crippen LogP contribution in [0.15, 0.2) is 5.38 Å². The first-order chi connectivity index (χ1) is 7.67. The van der Waals surface area contributed by atoms with Crippen molar-refractivity contribution < 1.29 is 4.74 Å². The highest BCUT2D eigenvalue weighted by Gasteiger charge is 2.48. The van der Waals surface area contributed by atoms with Gasteiger partial charge < -0.3 is 10.5 Å². The normalized spacial score (nSPS) is 34.5. The fraction of sp³-hybridized carbons (Fsp3) is 0.750. The first kappa shape index (κ1) is 10.7. The van der Waals surface area contributed by atoms with Gasteiger partial charge in [-0.15, -0.1) is 11.3 Å². The molecule has 4 heteroatoms. The minimum atomic E-state index is -0.161. The largest absolute Gasteiger partial charge is 0.376 e. The third-order valence-electron chi connectivity index (χ3n) is 3.63. The highest BCUT2D eigenvalue weighted by molar-refractivity contribution is 7.09. The van der Waals surface area contributed by atoms with Gasteiger partial charge in [-0.3, -0.25) is 0 Å². The predicted molar refractivity (Wildman–Crippen MR) is 64.6 cm³/mol. The van der Waals surface area contributed by atoms with Crippen molar-refractivity contribution in [1.29, 1.82) is 0 Å². The molecule has 1 aromatic rings. The Morgan fingerprint density at radius 2 is 2.44 bits per heavy atom. The summed E-state index contributed by atoms with van der Waals surface area (Å²) in [6, 6.07) is 0. The Morgan fingerprint density at radius 1 is 1.62 bits per heavy atom. The van der Waals surface area contributed by atoms with Gasteiger partial charge in [0, 0.05) is 24.1 Å². The Labute approximate surface area is 100 Å². The van der Waals surface area contributed by atoms with E-state index in [1.807, 2.05) is 6.92 Å². The third-order valence-corrected chi connectivity index (χ3v) is 4.60. The summed E-state index contributed by atoms with van der Waals surface area (Å²) in [7, 11) is 0. The van der Waals surface area contributed by atoms with E-state index in [0.717, 1.165) is 30.2 Å². The van der Waals surface area contributed by atoms with Gasteiger partial charge in [0.1, 0.15) is 0 Å². The summed E-state index contributed by atoms with van der Waals surface area (Å²) in [6.07, 6.45) is 4.72. The van der Waals surface area contributed by atoms with Crippen molar-refractivity contribution in [2.45, 2.75) is 44.2 Å². The smallest absolute Gasteiger partial charge is 0.0947 e. The molecule has 2 heterocycles. The monoisotopic (exact) mass is 238 g/mol. The van der Waals surface area contributed by atoms with Crippen LogP contribution in [0, 0.1) is 12.8 Å². The summed E-state index contributed by atoms with van der Waals surface area (Å²) in [6.45, 7) is 2.86. The summed E-state index contributed by atoms with van der Waals surface area (Å²) >= 11 is 1.72. The summed E-state index contributed by atoms with van der Waals surface area (Å²) in [5.74, 6) is 0.716. The van der Waals surface area contributed by atoms with Crippen LogP contribution in [0.1, 0.15) is 30.0 Å². The number of hydrogen-bond acceptors (Lipinski definition) is 4. The van der Waals surface area contributed by atoms with Crippen molar-refractivity contribution in [3.8, 4) is 0 Å². The fourth-order valence-electron chi connectivity index (χ4n) is 2.64. The quantitative estimate of drug-likeness (QED) is 0.875. The molecule has 1 aromatic heterocycles. The summed E-state index contributed by atoms with van der Waals surface area (Å²) in [5, 5.41) is 3.26. The molecule has 16 heavy (non-hydrogen) atoms. The molecule has 1 saturated heterocycles. The summed E-state index contributed by atoms with van der Waals surface area (Å²) in [4.78, 5) is 4.52. The molecule has 3 nitrogen and oxygen atoms in total. The number of aromatic nitrogens is 1. The maximum Gasteiger partial charge on any atom is 0.0947 e. The lowest BCUT2D eigenvalue weighted by atomic mass is 9.86. The van der Waals surface area contributed by atoms with E-state index in [1.165, 1.54) is 12.8 Å². The Morgan fingerprint density at radius 3 is 3.06 bits per heavy atom. The van der Waals surface area contributed by atoms with E-state index in [1.54, 1.807) is 11.3 Å². The maximum atomic E-state index is 6.53. The zero-order valence-electron chi connectivity index (χ0n) is 9.61. The first-order valence-corrected chi connectivity index (χ1v) is 6.87. The lowest BCUT2D eigenvalue weighted by molar-refractivity contribution is 0.0626. The van der Waals surface area contributed by atoms with E-state index in [-0.39, 0.29) is 11.6 Å². The van der Waals surface area contributed by atoms with E-state index in [4.69, 9.17) is 10.5 Å². The highest BCUT2D eigenvalue weighted by atomic mass is 32.1. The number of thiazole rings is 1. The molecule has 3 rings (SSSR count). The molecule has 2 aliphatic rings. The molecule has 1 aliphatic carbocycles. The van der Waals surface area contributed by atoms with Crippen LogP contribution >= 0.6 is 11.3 Å². The average molecular weight is 238 g/mol. The summed E-state index contributed by atoms with van der Waals surface area (Å²) < 4.78 is 5.82. The number of ether oxygens (including phenoxy) is 1. The van der Waals surface area contributed by atoms with Gasteiger partial charge in [0.05, 0.1) is 16.7 Å². The third kappa shape index (κ3) is 1.90. The average Bonchev–Trinajstić information content (AvgIpc) is 2.89. The summed E-state index contributed by atoms with van der Waals surface area (Å²) in [5.41, 5.74) is 7.47. The number of aryl methyl sites for hydroxylation is 1. The molecule has 2 unspecified atom stereocenters. The van der Waals surface area contributed by atoms with Crippen LogP contribution in [-0.2, 0) is 11.2 Å². The SMILES string of the molecule is Cc1csc(CC2(N)CCOC2C2CC2)n1. The van der Waals surface area contributed by atoms with Crippen molar-refractivity contribution in [3.63, 3.8) is 0 Å². The molecule has 1 aliphatic heterocycles. The molecule has 2 atom stereocenters. The van der Waals surface area contributed by atoms with Crippen LogP contribution < -0.4 is 5.73 Å². The molecule has 0 bridgehead atoms. The minimum Gasteiger partial charge on any atom is -0.376 e. The molecule has 1 saturated carbocycles. The molecule has 2 N–H and O–H groups in total. The standard InChI is InChI=1S/C12H18N2OS/c1-8-7-16-10(14-8)6-12(13)4-5-15-11(12)9-2-3-9/h7,9,11H,2-6,13H2,1H3. The van der Waals surface area contributed by atoms with Crippen LogP contribution in [0.25, 0.3) is 0 Å². The molecule has 0 amide bonds. The maximum absolute atomic E-state index is 6.53. The molecule has 2 fully saturated rings. The van der Waals surface area contributed by atoms with Gasteiger partial charge in [0.15, 0.2) is 0 Å². The lowest BCUT2D eigenvalue weighted by Crippen LogP contribution is -2.50. The highest BCUT2D eigenvalue weighted by Crippen LogP contribution is 2.43. The second kappa shape index (κ2) is 3.79. The van der Waals surface area contributed by atoms with E-state index >= 15 is 0 Å². The second-order valence-corrected chi connectivity index (χ2v) is 6.11. The number of hydrogen-bond donors (Lipinski definition) is 1. The van der Waals surface area contributed by atoms with Crippen molar-refractivity contribution in [2.75, 3.05) is 6.61 Å². The van der Waals surface area contributed by atoms with Gasteiger partial charge in [-0.2, -0.15) is 0 Å². The van der Waals surface area contributed by atoms with Gasteiger partial charge in [-0.25, -0.2) is 4.98 Å². The van der Waals surface area contributed by atoms with Crippen LogP contribution in [-0.4, -0.2) is 23.2 Å². The van der Waals surface area contributed by atoms with E-state index in [9.17, 15) is 0 Å². The second-order valence-electron chi connectivity index (χ2n) is 5.17. The van der Waals surface area contributed by atoms with Crippen molar-refractivity contribution in [1.82, 2.24) is 4.98 Å². The lowest BCUT2D eigenvalue weighted by Gasteiger charge is -2.29. The van der Waals surface area contributed by atoms with Crippen LogP contribution in [0.2, 0.25) is 0 Å². The molecular weight excluding hydrogens is 220 g/mol. The minimum absolute atomic E-state index is 0.161. The first-order valence-electron chi connectivity index (χ1n) is 5.99. The Hall–Kier alpha value is -0.450. The van der Waals surface area contributed by atoms with Crippen molar-refractivity contribution in [3.05, 3.63) is 16.1 Å². The van der Waals surface area contributed by atoms with Crippen molar-refractivity contribution >= 4 is 11.3 Å². The Balaban J connectivity index is 1.76. The van der Waals surface area contributed by atoms with Crippen LogP contribution in [0.3, 0.4) is 0 Å². The molecule has 0 spiro atoms.